The van der Waals surface area contributed by atoms with Gasteiger partial charge in [0.15, 0.2) is 0 Å². The third-order valence-electron chi connectivity index (χ3n) is 2.95. The van der Waals surface area contributed by atoms with Gasteiger partial charge in [-0.05, 0) is 25.5 Å². The van der Waals surface area contributed by atoms with Crippen LogP contribution in [-0.4, -0.2) is 26.9 Å². The molecule has 0 saturated carbocycles. The van der Waals surface area contributed by atoms with Crippen LogP contribution in [0, 0.1) is 6.92 Å². The summed E-state index contributed by atoms with van der Waals surface area (Å²) in [5.74, 6) is -1.08. The molecule has 0 aliphatic rings. The van der Waals surface area contributed by atoms with E-state index in [0.29, 0.717) is 17.8 Å². The third-order valence-corrected chi connectivity index (χ3v) is 2.95. The quantitative estimate of drug-likeness (QED) is 0.805. The summed E-state index contributed by atoms with van der Waals surface area (Å²) in [6.45, 7) is 4.31. The van der Waals surface area contributed by atoms with Crippen LogP contribution in [0.5, 0.6) is 0 Å². The smallest absolute Gasteiger partial charge is 0.338 e. The van der Waals surface area contributed by atoms with Crippen LogP contribution in [0.25, 0.3) is 0 Å². The third kappa shape index (κ3) is 3.38. The molecular weight excluding hydrogens is 272 g/mol. The van der Waals surface area contributed by atoms with Crippen molar-refractivity contribution in [3.8, 4) is 0 Å². The van der Waals surface area contributed by atoms with Crippen LogP contribution in [0.3, 0.4) is 0 Å². The zero-order valence-electron chi connectivity index (χ0n) is 11.8. The van der Waals surface area contributed by atoms with Gasteiger partial charge in [-0.2, -0.15) is 5.10 Å². The number of carboxylic acid groups (broad SMARTS) is 1. The minimum absolute atomic E-state index is 0.0805. The van der Waals surface area contributed by atoms with Gasteiger partial charge >= 0.3 is 12.0 Å². The summed E-state index contributed by atoms with van der Waals surface area (Å²) in [6, 6.07) is 4.40. The zero-order valence-corrected chi connectivity index (χ0v) is 11.8. The van der Waals surface area contributed by atoms with Crippen molar-refractivity contribution >= 4 is 23.4 Å². The standard InChI is InChI=1S/C14H16N4O3/c1-3-18-8-10(7-15-18)16-14(21)17-11-6-4-5-9(2)12(11)13(19)20/h4-8H,3H2,1-2H3,(H,19,20)(H2,16,17,21). The molecule has 0 spiro atoms. The molecule has 7 heteroatoms. The number of nitrogens with one attached hydrogen (secondary N) is 2. The lowest BCUT2D eigenvalue weighted by Crippen LogP contribution is -2.21. The van der Waals surface area contributed by atoms with Crippen molar-refractivity contribution in [3.63, 3.8) is 0 Å². The summed E-state index contributed by atoms with van der Waals surface area (Å²) in [5.41, 5.74) is 1.46. The summed E-state index contributed by atoms with van der Waals surface area (Å²) >= 11 is 0. The predicted molar refractivity (Wildman–Crippen MR) is 78.7 cm³/mol. The van der Waals surface area contributed by atoms with Crippen molar-refractivity contribution in [3.05, 3.63) is 41.7 Å². The minimum atomic E-state index is -1.08. The number of hydrogen-bond donors (Lipinski definition) is 3. The Kier molecular flexibility index (Phi) is 4.22. The molecule has 1 heterocycles. The summed E-state index contributed by atoms with van der Waals surface area (Å²) < 4.78 is 1.67. The molecule has 0 saturated heterocycles. The lowest BCUT2D eigenvalue weighted by molar-refractivity contribution is 0.0697. The number of carbonyl (C=O) groups excluding carboxylic acids is 1. The molecule has 21 heavy (non-hydrogen) atoms. The van der Waals surface area contributed by atoms with Crippen molar-refractivity contribution in [1.29, 1.82) is 0 Å². The van der Waals surface area contributed by atoms with Crippen LogP contribution in [-0.2, 0) is 6.54 Å². The van der Waals surface area contributed by atoms with E-state index < -0.39 is 12.0 Å². The largest absolute Gasteiger partial charge is 0.478 e. The molecule has 7 nitrogen and oxygen atoms in total. The van der Waals surface area contributed by atoms with E-state index in [9.17, 15) is 14.7 Å². The summed E-state index contributed by atoms with van der Waals surface area (Å²) in [7, 11) is 0. The van der Waals surface area contributed by atoms with E-state index in [1.165, 1.54) is 6.20 Å². The highest BCUT2D eigenvalue weighted by Gasteiger charge is 2.15. The number of anilines is 2. The van der Waals surface area contributed by atoms with Gasteiger partial charge in [0, 0.05) is 12.7 Å². The van der Waals surface area contributed by atoms with Crippen LogP contribution in [0.2, 0.25) is 0 Å². The Balaban J connectivity index is 2.13. The molecule has 1 aromatic carbocycles. The number of carbonyl (C=O) groups is 2. The number of aromatic carboxylic acids is 1. The fraction of sp³-hybridized carbons (Fsp3) is 0.214. The number of aromatic nitrogens is 2. The second kappa shape index (κ2) is 6.08. The van der Waals surface area contributed by atoms with E-state index in [1.807, 2.05) is 6.92 Å². The van der Waals surface area contributed by atoms with Gasteiger partial charge in [-0.3, -0.25) is 4.68 Å². The van der Waals surface area contributed by atoms with Crippen molar-refractivity contribution in [2.45, 2.75) is 20.4 Å². The lowest BCUT2D eigenvalue weighted by atomic mass is 10.1. The Labute approximate surface area is 121 Å². The Morgan fingerprint density at radius 3 is 2.71 bits per heavy atom. The van der Waals surface area contributed by atoms with Crippen molar-refractivity contribution in [2.75, 3.05) is 10.6 Å². The molecule has 2 amide bonds. The molecule has 0 fully saturated rings. The molecule has 1 aromatic heterocycles. The van der Waals surface area contributed by atoms with Crippen LogP contribution >= 0.6 is 0 Å². The number of carboxylic acids is 1. The van der Waals surface area contributed by atoms with E-state index in [-0.39, 0.29) is 11.3 Å². The van der Waals surface area contributed by atoms with Gasteiger partial charge < -0.3 is 15.7 Å². The number of urea groups is 1. The second-order valence-corrected chi connectivity index (χ2v) is 4.47. The maximum Gasteiger partial charge on any atom is 0.338 e. The number of aryl methyl sites for hydroxylation is 2. The Morgan fingerprint density at radius 2 is 2.10 bits per heavy atom. The Hall–Kier alpha value is -2.83. The van der Waals surface area contributed by atoms with Gasteiger partial charge in [0.05, 0.1) is 23.1 Å². The molecule has 2 aromatic rings. The van der Waals surface area contributed by atoms with E-state index in [0.717, 1.165) is 0 Å². The van der Waals surface area contributed by atoms with Gasteiger partial charge in [0.2, 0.25) is 0 Å². The summed E-state index contributed by atoms with van der Waals surface area (Å²) in [4.78, 5) is 23.2. The molecular formula is C14H16N4O3. The topological polar surface area (TPSA) is 96.2 Å². The first kappa shape index (κ1) is 14.6. The highest BCUT2D eigenvalue weighted by molar-refractivity contribution is 6.05. The maximum atomic E-state index is 11.9. The molecule has 0 unspecified atom stereocenters. The molecule has 0 aliphatic heterocycles. The normalized spacial score (nSPS) is 10.2. The molecule has 110 valence electrons. The number of benzene rings is 1. The predicted octanol–water partition coefficient (Wildman–Crippen LogP) is 2.55. The average molecular weight is 288 g/mol. The van der Waals surface area contributed by atoms with E-state index in [1.54, 1.807) is 36.0 Å². The molecule has 2 rings (SSSR count). The minimum Gasteiger partial charge on any atom is -0.478 e. The number of rotatable bonds is 4. The average Bonchev–Trinajstić information content (AvgIpc) is 2.85. The van der Waals surface area contributed by atoms with Crippen LogP contribution in [0.15, 0.2) is 30.6 Å². The summed E-state index contributed by atoms with van der Waals surface area (Å²) in [6.07, 6.45) is 3.21. The maximum absolute atomic E-state index is 11.9. The fourth-order valence-electron chi connectivity index (χ4n) is 1.94. The first-order valence-corrected chi connectivity index (χ1v) is 6.44. The van der Waals surface area contributed by atoms with Gasteiger partial charge in [0.25, 0.3) is 0 Å². The van der Waals surface area contributed by atoms with Crippen molar-refractivity contribution in [1.82, 2.24) is 9.78 Å². The molecule has 0 radical (unpaired) electrons. The van der Waals surface area contributed by atoms with Gasteiger partial charge in [-0.15, -0.1) is 0 Å². The van der Waals surface area contributed by atoms with Crippen LogP contribution < -0.4 is 10.6 Å². The number of hydrogen-bond acceptors (Lipinski definition) is 3. The van der Waals surface area contributed by atoms with Gasteiger partial charge in [-0.1, -0.05) is 12.1 Å². The van der Waals surface area contributed by atoms with E-state index >= 15 is 0 Å². The fourth-order valence-corrected chi connectivity index (χ4v) is 1.94. The zero-order chi connectivity index (χ0) is 15.4. The Morgan fingerprint density at radius 1 is 1.33 bits per heavy atom. The molecule has 0 aliphatic carbocycles. The SMILES string of the molecule is CCn1cc(NC(=O)Nc2cccc(C)c2C(=O)O)cn1. The van der Waals surface area contributed by atoms with Crippen LogP contribution in [0.1, 0.15) is 22.8 Å². The van der Waals surface area contributed by atoms with Gasteiger partial charge in [-0.25, -0.2) is 9.59 Å². The lowest BCUT2D eigenvalue weighted by Gasteiger charge is -2.10. The first-order valence-electron chi connectivity index (χ1n) is 6.44. The second-order valence-electron chi connectivity index (χ2n) is 4.47. The van der Waals surface area contributed by atoms with E-state index in [4.69, 9.17) is 0 Å². The highest BCUT2D eigenvalue weighted by Crippen LogP contribution is 2.19. The number of nitrogens with zero attached hydrogens (tertiary/aromatic N) is 2. The molecule has 0 bridgehead atoms. The first-order chi connectivity index (χ1) is 10.0. The Bertz CT molecular complexity index is 679. The van der Waals surface area contributed by atoms with Crippen molar-refractivity contribution < 1.29 is 14.7 Å². The highest BCUT2D eigenvalue weighted by atomic mass is 16.4. The monoisotopic (exact) mass is 288 g/mol. The molecule has 0 atom stereocenters. The van der Waals surface area contributed by atoms with Crippen molar-refractivity contribution in [2.24, 2.45) is 0 Å². The van der Waals surface area contributed by atoms with Gasteiger partial charge in [0.1, 0.15) is 0 Å². The van der Waals surface area contributed by atoms with Crippen LogP contribution in [0.4, 0.5) is 16.2 Å². The number of amides is 2. The van der Waals surface area contributed by atoms with E-state index in [2.05, 4.69) is 15.7 Å². The summed E-state index contributed by atoms with van der Waals surface area (Å²) in [5, 5.41) is 18.4. The molecule has 3 N–H and O–H groups in total.